The van der Waals surface area contributed by atoms with E-state index in [1.807, 2.05) is 17.9 Å². The highest BCUT2D eigenvalue weighted by molar-refractivity contribution is 6.42. The number of carbonyl (C=O) groups excluding carboxylic acids is 1. The molecule has 3 heterocycles. The molecule has 3 fully saturated rings. The van der Waals surface area contributed by atoms with Crippen molar-refractivity contribution in [3.63, 3.8) is 0 Å². The molecule has 194 valence electrons. The van der Waals surface area contributed by atoms with Gasteiger partial charge in [0.25, 0.3) is 0 Å². The molecule has 2 saturated heterocycles. The van der Waals surface area contributed by atoms with Crippen molar-refractivity contribution in [1.82, 2.24) is 14.9 Å². The van der Waals surface area contributed by atoms with Gasteiger partial charge in [0.05, 0.1) is 27.9 Å². The number of piperidine rings is 1. The number of anilines is 2. The van der Waals surface area contributed by atoms with Crippen LogP contribution in [-0.2, 0) is 4.79 Å². The highest BCUT2D eigenvalue weighted by Crippen LogP contribution is 2.40. The van der Waals surface area contributed by atoms with Crippen LogP contribution < -0.4 is 14.8 Å². The molecule has 3 atom stereocenters. The van der Waals surface area contributed by atoms with Crippen molar-refractivity contribution in [2.45, 2.75) is 44.8 Å². The summed E-state index contributed by atoms with van der Waals surface area (Å²) >= 11 is 11.9. The predicted octanol–water partition coefficient (Wildman–Crippen LogP) is 6.55. The molecule has 1 amide bonds. The standard InChI is InChI=1S/C27H27Cl2FN4O3/c1-3-24(35)34-13-15-5-6-16(34)10-17(9-15)37-23-11-18-21(12-22(23)36-4-2)31-14-32-27(18)33-20-8-7-19(28)25(29)26(20)30/h3,7-8,11-12,14-17H,1,4-6,9-10,13H2,2H3,(H,31,32,33)/t15-,16?,17?/m1/s1. The second-order valence-electron chi connectivity index (χ2n) is 9.32. The molecule has 2 unspecified atom stereocenters. The predicted molar refractivity (Wildman–Crippen MR) is 142 cm³/mol. The maximum absolute atomic E-state index is 14.7. The van der Waals surface area contributed by atoms with Crippen LogP contribution in [0.2, 0.25) is 10.0 Å². The van der Waals surface area contributed by atoms with Gasteiger partial charge in [-0.2, -0.15) is 0 Å². The third-order valence-corrected chi connectivity index (χ3v) is 7.76. The molecule has 1 saturated carbocycles. The van der Waals surface area contributed by atoms with Gasteiger partial charge in [0.2, 0.25) is 5.91 Å². The zero-order chi connectivity index (χ0) is 26.1. The van der Waals surface area contributed by atoms with Crippen LogP contribution in [0.4, 0.5) is 15.9 Å². The number of hydrogen-bond donors (Lipinski definition) is 1. The lowest BCUT2D eigenvalue weighted by Crippen LogP contribution is -2.44. The molecule has 0 spiro atoms. The number of amides is 1. The number of benzene rings is 2. The molecule has 3 aromatic rings. The Morgan fingerprint density at radius 1 is 1.24 bits per heavy atom. The van der Waals surface area contributed by atoms with Crippen LogP contribution in [0.25, 0.3) is 10.9 Å². The van der Waals surface area contributed by atoms with Crippen molar-refractivity contribution < 1.29 is 18.7 Å². The fourth-order valence-corrected chi connectivity index (χ4v) is 5.56. The Labute approximate surface area is 224 Å². The summed E-state index contributed by atoms with van der Waals surface area (Å²) in [6.07, 6.45) is 6.28. The number of ether oxygens (including phenoxy) is 2. The Balaban J connectivity index is 1.48. The first-order chi connectivity index (χ1) is 17.9. The topological polar surface area (TPSA) is 76.6 Å². The molecule has 0 radical (unpaired) electrons. The largest absolute Gasteiger partial charge is 0.490 e. The number of fused-ring (bicyclic) bond motifs is 5. The molecule has 37 heavy (non-hydrogen) atoms. The monoisotopic (exact) mass is 544 g/mol. The summed E-state index contributed by atoms with van der Waals surface area (Å²) in [4.78, 5) is 23.0. The van der Waals surface area contributed by atoms with Crippen LogP contribution in [0.5, 0.6) is 11.5 Å². The van der Waals surface area contributed by atoms with E-state index in [0.29, 0.717) is 40.7 Å². The number of hydrogen-bond acceptors (Lipinski definition) is 6. The quantitative estimate of drug-likeness (QED) is 0.268. The summed E-state index contributed by atoms with van der Waals surface area (Å²) in [5.41, 5.74) is 0.746. The van der Waals surface area contributed by atoms with Crippen molar-refractivity contribution in [1.29, 1.82) is 0 Å². The normalized spacial score (nSPS) is 21.0. The fraction of sp³-hybridized carbons (Fsp3) is 0.370. The first kappa shape index (κ1) is 25.5. The lowest BCUT2D eigenvalue weighted by atomic mass is 9.94. The van der Waals surface area contributed by atoms with Crippen molar-refractivity contribution in [2.75, 3.05) is 18.5 Å². The first-order valence-corrected chi connectivity index (χ1v) is 13.0. The van der Waals surface area contributed by atoms with E-state index < -0.39 is 5.82 Å². The lowest BCUT2D eigenvalue weighted by molar-refractivity contribution is -0.130. The van der Waals surface area contributed by atoms with E-state index >= 15 is 0 Å². The van der Waals surface area contributed by atoms with E-state index in [2.05, 4.69) is 21.9 Å². The van der Waals surface area contributed by atoms with Crippen LogP contribution in [-0.4, -0.2) is 46.1 Å². The summed E-state index contributed by atoms with van der Waals surface area (Å²) in [6.45, 7) is 6.73. The van der Waals surface area contributed by atoms with Crippen LogP contribution in [0.15, 0.2) is 43.2 Å². The molecule has 6 rings (SSSR count). The van der Waals surface area contributed by atoms with Crippen molar-refractivity contribution in [3.8, 4) is 11.5 Å². The molecule has 1 aliphatic carbocycles. The van der Waals surface area contributed by atoms with Gasteiger partial charge in [-0.1, -0.05) is 29.8 Å². The number of aromatic nitrogens is 2. The number of rotatable bonds is 7. The second-order valence-corrected chi connectivity index (χ2v) is 10.1. The van der Waals surface area contributed by atoms with Gasteiger partial charge in [-0.05, 0) is 56.4 Å². The van der Waals surface area contributed by atoms with Gasteiger partial charge in [-0.25, -0.2) is 14.4 Å². The van der Waals surface area contributed by atoms with E-state index in [0.717, 1.165) is 32.2 Å². The molecule has 3 aliphatic rings. The smallest absolute Gasteiger partial charge is 0.246 e. The molecular weight excluding hydrogens is 518 g/mol. The zero-order valence-corrected chi connectivity index (χ0v) is 21.9. The summed E-state index contributed by atoms with van der Waals surface area (Å²) in [6, 6.07) is 6.74. The number of nitrogens with one attached hydrogen (secondary N) is 1. The van der Waals surface area contributed by atoms with E-state index in [1.54, 1.807) is 6.07 Å². The molecule has 7 nitrogen and oxygen atoms in total. The van der Waals surface area contributed by atoms with E-state index in [4.69, 9.17) is 32.7 Å². The van der Waals surface area contributed by atoms with Gasteiger partial charge >= 0.3 is 0 Å². The first-order valence-electron chi connectivity index (χ1n) is 12.3. The molecule has 2 aromatic carbocycles. The minimum absolute atomic E-state index is 0.0292. The van der Waals surface area contributed by atoms with E-state index in [-0.39, 0.29) is 33.8 Å². The van der Waals surface area contributed by atoms with Gasteiger partial charge in [0.1, 0.15) is 18.2 Å². The molecule has 1 N–H and O–H groups in total. The average molecular weight is 545 g/mol. The highest BCUT2D eigenvalue weighted by Gasteiger charge is 2.38. The zero-order valence-electron chi connectivity index (χ0n) is 20.3. The molecule has 2 aliphatic heterocycles. The van der Waals surface area contributed by atoms with Gasteiger partial charge < -0.3 is 19.7 Å². The fourth-order valence-electron chi connectivity index (χ4n) is 5.25. The summed E-state index contributed by atoms with van der Waals surface area (Å²) < 4.78 is 27.2. The molecule has 1 aromatic heterocycles. The van der Waals surface area contributed by atoms with E-state index in [9.17, 15) is 9.18 Å². The SMILES string of the molecule is C=CC(=O)N1C[C@@H]2CCC1CC(Oc1cc3c(Nc4ccc(Cl)c(Cl)c4F)ncnc3cc1OCC)C2. The van der Waals surface area contributed by atoms with Crippen LogP contribution in [0, 0.1) is 11.7 Å². The summed E-state index contributed by atoms with van der Waals surface area (Å²) in [7, 11) is 0. The van der Waals surface area contributed by atoms with Gasteiger partial charge in [0.15, 0.2) is 17.3 Å². The Kier molecular flexibility index (Phi) is 7.40. The molecule has 2 bridgehead atoms. The van der Waals surface area contributed by atoms with Crippen LogP contribution >= 0.6 is 23.2 Å². The van der Waals surface area contributed by atoms with Crippen molar-refractivity contribution in [3.05, 3.63) is 59.1 Å². The van der Waals surface area contributed by atoms with Crippen molar-refractivity contribution in [2.24, 2.45) is 5.92 Å². The number of halogens is 3. The minimum Gasteiger partial charge on any atom is -0.490 e. The maximum atomic E-state index is 14.7. The maximum Gasteiger partial charge on any atom is 0.246 e. The Hall–Kier alpha value is -3.10. The third kappa shape index (κ3) is 5.18. The van der Waals surface area contributed by atoms with Crippen molar-refractivity contribution >= 4 is 51.5 Å². The Morgan fingerprint density at radius 2 is 2.08 bits per heavy atom. The lowest BCUT2D eigenvalue weighted by Gasteiger charge is -2.35. The highest BCUT2D eigenvalue weighted by atomic mass is 35.5. The summed E-state index contributed by atoms with van der Waals surface area (Å²) in [5.74, 6) is 1.17. The number of nitrogens with zero attached hydrogens (tertiary/aromatic N) is 3. The Morgan fingerprint density at radius 3 is 2.86 bits per heavy atom. The minimum atomic E-state index is -0.670. The molecular formula is C27H27Cl2FN4O3. The van der Waals surface area contributed by atoms with Crippen LogP contribution in [0.3, 0.4) is 0 Å². The Bertz CT molecular complexity index is 1350. The van der Waals surface area contributed by atoms with E-state index in [1.165, 1.54) is 24.5 Å². The summed E-state index contributed by atoms with van der Waals surface area (Å²) in [5, 5.41) is 3.59. The number of carbonyl (C=O) groups is 1. The molecule has 10 heteroatoms. The van der Waals surface area contributed by atoms with Gasteiger partial charge in [-0.15, -0.1) is 0 Å². The average Bonchev–Trinajstić information content (AvgIpc) is 3.20. The second kappa shape index (κ2) is 10.7. The van der Waals surface area contributed by atoms with Crippen LogP contribution in [0.1, 0.15) is 32.6 Å². The van der Waals surface area contributed by atoms with Gasteiger partial charge in [0, 0.05) is 30.5 Å². The third-order valence-electron chi connectivity index (χ3n) is 6.98. The van der Waals surface area contributed by atoms with Gasteiger partial charge in [-0.3, -0.25) is 4.79 Å².